The first-order chi connectivity index (χ1) is 18.0. The van der Waals surface area contributed by atoms with E-state index in [1.165, 1.54) is 13.3 Å². The van der Waals surface area contributed by atoms with Crippen molar-refractivity contribution in [1.82, 2.24) is 25.1 Å². The summed E-state index contributed by atoms with van der Waals surface area (Å²) in [7, 11) is 8.05. The summed E-state index contributed by atoms with van der Waals surface area (Å²) in [6.45, 7) is -1.03. The maximum absolute atomic E-state index is 14.3. The highest BCUT2D eigenvalue weighted by atomic mass is 35.5. The van der Waals surface area contributed by atoms with Gasteiger partial charge in [0.1, 0.15) is 44.5 Å². The molecule has 38 heavy (non-hydrogen) atoms. The van der Waals surface area contributed by atoms with E-state index < -0.39 is 30.4 Å². The molecule has 0 bridgehead atoms. The first-order valence-corrected chi connectivity index (χ1v) is 11.7. The van der Waals surface area contributed by atoms with E-state index in [1.54, 1.807) is 23.9 Å². The number of ether oxygens (including phenoxy) is 2. The van der Waals surface area contributed by atoms with Gasteiger partial charge in [-0.15, -0.1) is 0 Å². The lowest BCUT2D eigenvalue weighted by Crippen LogP contribution is -2.46. The van der Waals surface area contributed by atoms with Crippen molar-refractivity contribution in [2.75, 3.05) is 6.61 Å². The molecule has 0 saturated carbocycles. The number of carbonyl (C=O) groups is 1. The number of alkyl halides is 2. The summed E-state index contributed by atoms with van der Waals surface area (Å²) in [6.07, 6.45) is 1.46. The number of carbonyl (C=O) groups excluding carboxylic acids is 1. The van der Waals surface area contributed by atoms with E-state index in [0.29, 0.717) is 17.1 Å². The number of halogens is 4. The zero-order valence-corrected chi connectivity index (χ0v) is 21.4. The molecule has 0 unspecified atom stereocenters. The molecule has 0 aliphatic heterocycles. The summed E-state index contributed by atoms with van der Waals surface area (Å²) in [6, 6.07) is 9.46. The number of nitrogens with one attached hydrogen (secondary N) is 1. The molecule has 196 valence electrons. The molecule has 4 rings (SSSR count). The Labute approximate surface area is 222 Å². The number of amides is 1. The van der Waals surface area contributed by atoms with Crippen LogP contribution < -0.4 is 10.1 Å². The summed E-state index contributed by atoms with van der Waals surface area (Å²) in [5, 5.41) is 7.27. The minimum atomic E-state index is -3.13. The van der Waals surface area contributed by atoms with Gasteiger partial charge in [0.15, 0.2) is 5.82 Å². The largest absolute Gasteiger partial charge is 0.487 e. The summed E-state index contributed by atoms with van der Waals surface area (Å²) in [5.41, 5.74) is 0.762. The zero-order chi connectivity index (χ0) is 27.6. The second kappa shape index (κ2) is 11.0. The number of aryl methyl sites for hydroxylation is 2. The predicted molar refractivity (Wildman–Crippen MR) is 135 cm³/mol. The van der Waals surface area contributed by atoms with Gasteiger partial charge in [0, 0.05) is 34.7 Å². The van der Waals surface area contributed by atoms with Crippen molar-refractivity contribution in [3.63, 3.8) is 0 Å². The van der Waals surface area contributed by atoms with Crippen LogP contribution in [0.15, 0.2) is 42.7 Å². The molecule has 0 saturated heterocycles. The highest BCUT2D eigenvalue weighted by Gasteiger charge is 2.28. The van der Waals surface area contributed by atoms with E-state index in [-0.39, 0.29) is 22.8 Å². The van der Waals surface area contributed by atoms with E-state index in [1.807, 2.05) is 19.1 Å². The van der Waals surface area contributed by atoms with Gasteiger partial charge >= 0.3 is 6.61 Å². The number of para-hydroxylation sites is 1. The molecule has 4 aromatic rings. The van der Waals surface area contributed by atoms with Gasteiger partial charge in [0.25, 0.3) is 0 Å². The third-order valence-corrected chi connectivity index (χ3v) is 6.05. The lowest BCUT2D eigenvalue weighted by molar-refractivity contribution is -0.152. The average Bonchev–Trinajstić information content (AvgIpc) is 3.26. The van der Waals surface area contributed by atoms with E-state index in [2.05, 4.69) is 25.1 Å². The van der Waals surface area contributed by atoms with Gasteiger partial charge in [-0.1, -0.05) is 23.7 Å². The normalized spacial score (nSPS) is 13.1. The number of hydrogen-bond donors (Lipinski definition) is 1. The fourth-order valence-electron chi connectivity index (χ4n) is 4.09. The molecular weight excluding hydrogens is 522 g/mol. The molecule has 0 aliphatic rings. The highest BCUT2D eigenvalue weighted by Crippen LogP contribution is 2.34. The van der Waals surface area contributed by atoms with Crippen molar-refractivity contribution in [2.45, 2.75) is 32.5 Å². The predicted octanol–water partition coefficient (Wildman–Crippen LogP) is 4.41. The van der Waals surface area contributed by atoms with Crippen LogP contribution in [0.4, 0.5) is 13.2 Å². The van der Waals surface area contributed by atoms with Crippen LogP contribution in [0.25, 0.3) is 22.3 Å². The zero-order valence-electron chi connectivity index (χ0n) is 20.6. The Kier molecular flexibility index (Phi) is 7.93. The molecule has 0 fully saturated rings. The number of aromatic nitrogens is 4. The van der Waals surface area contributed by atoms with Crippen molar-refractivity contribution in [2.24, 2.45) is 7.05 Å². The van der Waals surface area contributed by atoms with Crippen molar-refractivity contribution in [3.8, 4) is 17.1 Å². The maximum atomic E-state index is 14.3. The van der Waals surface area contributed by atoms with Crippen LogP contribution in [0, 0.1) is 12.7 Å². The van der Waals surface area contributed by atoms with Gasteiger partial charge in [-0.05, 0) is 43.7 Å². The Morgan fingerprint density at radius 1 is 1.29 bits per heavy atom. The molecule has 1 atom stereocenters. The van der Waals surface area contributed by atoms with Crippen LogP contribution in [0.5, 0.6) is 5.75 Å². The summed E-state index contributed by atoms with van der Waals surface area (Å²) >= 11 is 6.35. The Morgan fingerprint density at radius 3 is 2.74 bits per heavy atom. The monoisotopic (exact) mass is 543 g/mol. The SMILES string of the molecule is [B][C@@](C)(NC(=O)COC(F)F)c1cc(F)cc(Cl)c1COc1cccc2c(-c3ncnn3C)cc(C)nc12. The second-order valence-electron chi connectivity index (χ2n) is 8.70. The lowest BCUT2D eigenvalue weighted by Gasteiger charge is -2.30. The van der Waals surface area contributed by atoms with Gasteiger partial charge < -0.3 is 14.8 Å². The van der Waals surface area contributed by atoms with Crippen molar-refractivity contribution in [1.29, 1.82) is 0 Å². The quantitative estimate of drug-likeness (QED) is 0.315. The molecule has 0 spiro atoms. The van der Waals surface area contributed by atoms with Crippen LogP contribution in [-0.4, -0.2) is 46.7 Å². The van der Waals surface area contributed by atoms with Gasteiger partial charge in [-0.3, -0.25) is 4.79 Å². The van der Waals surface area contributed by atoms with Crippen molar-refractivity contribution < 1.29 is 27.4 Å². The molecule has 1 N–H and O–H groups in total. The van der Waals surface area contributed by atoms with Crippen LogP contribution in [-0.2, 0) is 28.6 Å². The van der Waals surface area contributed by atoms with Crippen LogP contribution >= 0.6 is 11.6 Å². The third kappa shape index (κ3) is 5.92. The molecule has 0 aliphatic carbocycles. The number of rotatable bonds is 9. The number of pyridine rings is 1. The minimum Gasteiger partial charge on any atom is -0.487 e. The van der Waals surface area contributed by atoms with Crippen LogP contribution in [0.1, 0.15) is 23.7 Å². The molecule has 8 nitrogen and oxygen atoms in total. The number of fused-ring (bicyclic) bond motifs is 1. The van der Waals surface area contributed by atoms with Crippen LogP contribution in [0.2, 0.25) is 5.02 Å². The van der Waals surface area contributed by atoms with Gasteiger partial charge in [-0.2, -0.15) is 13.9 Å². The molecule has 13 heteroatoms. The molecule has 2 radical (unpaired) electrons. The Hall–Kier alpha value is -3.64. The van der Waals surface area contributed by atoms with E-state index in [0.717, 1.165) is 28.8 Å². The minimum absolute atomic E-state index is 0.00101. The van der Waals surface area contributed by atoms with E-state index in [4.69, 9.17) is 24.2 Å². The van der Waals surface area contributed by atoms with Gasteiger partial charge in [-0.25, -0.2) is 19.0 Å². The topological polar surface area (TPSA) is 91.2 Å². The van der Waals surface area contributed by atoms with E-state index in [9.17, 15) is 18.0 Å². The van der Waals surface area contributed by atoms with Crippen molar-refractivity contribution >= 4 is 36.3 Å². The smallest absolute Gasteiger partial charge is 0.345 e. The molecule has 1 amide bonds. The average molecular weight is 544 g/mol. The Morgan fingerprint density at radius 2 is 2.05 bits per heavy atom. The Bertz CT molecular complexity index is 1500. The summed E-state index contributed by atoms with van der Waals surface area (Å²) in [4.78, 5) is 21.1. The summed E-state index contributed by atoms with van der Waals surface area (Å²) < 4.78 is 50.7. The fourth-order valence-corrected chi connectivity index (χ4v) is 4.35. The number of benzene rings is 2. The van der Waals surface area contributed by atoms with Gasteiger partial charge in [0.2, 0.25) is 5.91 Å². The van der Waals surface area contributed by atoms with E-state index >= 15 is 0 Å². The molecule has 2 aromatic heterocycles. The standard InChI is InChI=1S/C25H22BClF3N5O3/c1-13-7-16(23-31-12-32-35(23)3)15-5-4-6-20(22(15)33-13)37-10-17-18(8-14(28)9-19(17)27)25(2,26)34-21(36)11-38-24(29)30/h4-9,12,24H,10-11H2,1-3H3,(H,34,36)/t25-/m0/s1. The van der Waals surface area contributed by atoms with Crippen molar-refractivity contribution in [3.05, 3.63) is 70.4 Å². The summed E-state index contributed by atoms with van der Waals surface area (Å²) in [5.74, 6) is -0.576. The Balaban J connectivity index is 1.68. The lowest BCUT2D eigenvalue weighted by atomic mass is 9.72. The molecule has 2 heterocycles. The van der Waals surface area contributed by atoms with Crippen LogP contribution in [0.3, 0.4) is 0 Å². The first-order valence-electron chi connectivity index (χ1n) is 11.3. The fraction of sp³-hybridized carbons (Fsp3) is 0.280. The highest BCUT2D eigenvalue weighted by molar-refractivity contribution is 6.31. The van der Waals surface area contributed by atoms with Gasteiger partial charge in [0.05, 0.1) is 5.02 Å². The third-order valence-electron chi connectivity index (χ3n) is 5.71. The number of hydrogen-bond acceptors (Lipinski definition) is 6. The first kappa shape index (κ1) is 27.4. The second-order valence-corrected chi connectivity index (χ2v) is 9.10. The maximum Gasteiger partial charge on any atom is 0.345 e. The molecule has 2 aromatic carbocycles. The number of nitrogens with zero attached hydrogens (tertiary/aromatic N) is 4. The molecular formula is C25H22BClF3N5O3.